The summed E-state index contributed by atoms with van der Waals surface area (Å²) in [5, 5.41) is 0. The Kier molecular flexibility index (Phi) is 6.84. The van der Waals surface area contributed by atoms with E-state index in [0.29, 0.717) is 0 Å². The Hall–Kier alpha value is -0.520. The van der Waals surface area contributed by atoms with Crippen LogP contribution in [0.2, 0.25) is 0 Å². The van der Waals surface area contributed by atoms with Crippen molar-refractivity contribution in [1.82, 2.24) is 0 Å². The minimum atomic E-state index is 0.860. The number of rotatable bonds is 6. The zero-order valence-corrected chi connectivity index (χ0v) is 8.77. The summed E-state index contributed by atoms with van der Waals surface area (Å²) in [6.45, 7) is 10.4. The zero-order chi connectivity index (χ0) is 9.40. The van der Waals surface area contributed by atoms with Gasteiger partial charge in [-0.3, -0.25) is 0 Å². The molecule has 1 atom stereocenters. The molecule has 0 amide bonds. The molecule has 0 fully saturated rings. The topological polar surface area (TPSA) is 0 Å². The van der Waals surface area contributed by atoms with Gasteiger partial charge < -0.3 is 0 Å². The van der Waals surface area contributed by atoms with E-state index in [1.54, 1.807) is 0 Å². The molecule has 0 N–H and O–H groups in total. The van der Waals surface area contributed by atoms with Crippen molar-refractivity contribution in [3.8, 4) is 0 Å². The van der Waals surface area contributed by atoms with Gasteiger partial charge in [-0.25, -0.2) is 0 Å². The van der Waals surface area contributed by atoms with Gasteiger partial charge in [-0.1, -0.05) is 31.1 Å². The van der Waals surface area contributed by atoms with Gasteiger partial charge in [-0.15, -0.1) is 6.58 Å². The zero-order valence-electron chi connectivity index (χ0n) is 8.77. The van der Waals surface area contributed by atoms with Crippen LogP contribution < -0.4 is 0 Å². The lowest BCUT2D eigenvalue weighted by molar-refractivity contribution is 0.470. The smallest absolute Gasteiger partial charge is 0.0295 e. The van der Waals surface area contributed by atoms with Gasteiger partial charge in [-0.05, 0) is 39.0 Å². The van der Waals surface area contributed by atoms with E-state index < -0.39 is 0 Å². The molecule has 0 saturated heterocycles. The Bertz CT molecular complexity index is 142. The van der Waals surface area contributed by atoms with Crippen molar-refractivity contribution in [2.45, 2.75) is 46.5 Å². The summed E-state index contributed by atoms with van der Waals surface area (Å²) in [5.41, 5.74) is 1.52. The maximum atomic E-state index is 3.75. The van der Waals surface area contributed by atoms with Crippen LogP contribution in [0.4, 0.5) is 0 Å². The molecule has 0 rings (SSSR count). The molecule has 12 heavy (non-hydrogen) atoms. The van der Waals surface area contributed by atoms with Crippen LogP contribution in [0.5, 0.6) is 0 Å². The highest BCUT2D eigenvalue weighted by atomic mass is 14.1. The highest BCUT2D eigenvalue weighted by Gasteiger charge is 2.04. The largest absolute Gasteiger partial charge is 0.103 e. The molecule has 0 spiro atoms. The van der Waals surface area contributed by atoms with Gasteiger partial charge in [0.1, 0.15) is 0 Å². The Morgan fingerprint density at radius 2 is 2.17 bits per heavy atom. The fourth-order valence-electron chi connectivity index (χ4n) is 1.38. The minimum Gasteiger partial charge on any atom is -0.103 e. The van der Waals surface area contributed by atoms with Crippen molar-refractivity contribution in [1.29, 1.82) is 0 Å². The van der Waals surface area contributed by atoms with E-state index in [1.807, 2.05) is 6.08 Å². The fraction of sp³-hybridized carbons (Fsp3) is 0.667. The fourth-order valence-corrected chi connectivity index (χ4v) is 1.38. The van der Waals surface area contributed by atoms with Crippen LogP contribution in [0.3, 0.4) is 0 Å². The van der Waals surface area contributed by atoms with E-state index in [4.69, 9.17) is 0 Å². The van der Waals surface area contributed by atoms with Crippen molar-refractivity contribution >= 4 is 0 Å². The molecule has 0 aromatic heterocycles. The third kappa shape index (κ3) is 5.17. The molecule has 1 unspecified atom stereocenters. The first kappa shape index (κ1) is 11.5. The van der Waals surface area contributed by atoms with E-state index in [1.165, 1.54) is 24.8 Å². The molecule has 0 heterocycles. The van der Waals surface area contributed by atoms with Gasteiger partial charge in [-0.2, -0.15) is 0 Å². The Labute approximate surface area is 77.4 Å². The molecular formula is C12H22. The van der Waals surface area contributed by atoms with Gasteiger partial charge in [0.15, 0.2) is 0 Å². The summed E-state index contributed by atoms with van der Waals surface area (Å²) in [5.74, 6) is 0.860. The van der Waals surface area contributed by atoms with Crippen LogP contribution in [0.1, 0.15) is 46.5 Å². The SMILES string of the molecule is C=CCCC(CC)CC(C)=CC. The normalized spacial score (nSPS) is 14.4. The van der Waals surface area contributed by atoms with Gasteiger partial charge in [0.05, 0.1) is 0 Å². The van der Waals surface area contributed by atoms with Gasteiger partial charge >= 0.3 is 0 Å². The molecule has 0 aliphatic rings. The Morgan fingerprint density at radius 1 is 1.50 bits per heavy atom. The monoisotopic (exact) mass is 166 g/mol. The average molecular weight is 166 g/mol. The quantitative estimate of drug-likeness (QED) is 0.515. The summed E-state index contributed by atoms with van der Waals surface area (Å²) in [7, 11) is 0. The predicted molar refractivity (Wildman–Crippen MR) is 57.3 cm³/mol. The summed E-state index contributed by atoms with van der Waals surface area (Å²) in [4.78, 5) is 0. The molecule has 0 aromatic carbocycles. The first-order valence-electron chi connectivity index (χ1n) is 4.97. The van der Waals surface area contributed by atoms with Gasteiger partial charge in [0.2, 0.25) is 0 Å². The Morgan fingerprint density at radius 3 is 2.58 bits per heavy atom. The molecule has 0 aromatic rings. The summed E-state index contributed by atoms with van der Waals surface area (Å²) in [6, 6.07) is 0. The van der Waals surface area contributed by atoms with E-state index in [9.17, 15) is 0 Å². The van der Waals surface area contributed by atoms with Crippen LogP contribution in [-0.2, 0) is 0 Å². The second-order valence-corrected chi connectivity index (χ2v) is 3.48. The third-order valence-electron chi connectivity index (χ3n) is 2.46. The van der Waals surface area contributed by atoms with Crippen molar-refractivity contribution in [3.05, 3.63) is 24.3 Å². The Balaban J connectivity index is 3.74. The van der Waals surface area contributed by atoms with E-state index in [0.717, 1.165) is 12.3 Å². The lowest BCUT2D eigenvalue weighted by Crippen LogP contribution is -1.98. The molecule has 0 aliphatic carbocycles. The maximum Gasteiger partial charge on any atom is -0.0295 e. The number of hydrogen-bond donors (Lipinski definition) is 0. The highest BCUT2D eigenvalue weighted by molar-refractivity contribution is 4.96. The van der Waals surface area contributed by atoms with E-state index in [-0.39, 0.29) is 0 Å². The molecule has 0 radical (unpaired) electrons. The second kappa shape index (κ2) is 7.15. The van der Waals surface area contributed by atoms with Crippen molar-refractivity contribution < 1.29 is 0 Å². The molecular weight excluding hydrogens is 144 g/mol. The summed E-state index contributed by atoms with van der Waals surface area (Å²) < 4.78 is 0. The molecule has 0 saturated carbocycles. The van der Waals surface area contributed by atoms with Crippen molar-refractivity contribution in [3.63, 3.8) is 0 Å². The average Bonchev–Trinajstić information content (AvgIpc) is 2.11. The van der Waals surface area contributed by atoms with Gasteiger partial charge in [0.25, 0.3) is 0 Å². The first-order chi connectivity index (χ1) is 5.74. The lowest BCUT2D eigenvalue weighted by atomic mass is 9.93. The number of allylic oxidation sites excluding steroid dienone is 3. The van der Waals surface area contributed by atoms with Crippen LogP contribution in [0, 0.1) is 5.92 Å². The predicted octanol–water partition coefficient (Wildman–Crippen LogP) is 4.34. The molecule has 70 valence electrons. The molecule has 0 bridgehead atoms. The van der Waals surface area contributed by atoms with Crippen LogP contribution in [-0.4, -0.2) is 0 Å². The van der Waals surface area contributed by atoms with Crippen molar-refractivity contribution in [2.24, 2.45) is 5.92 Å². The standard InChI is InChI=1S/C12H22/c1-5-8-9-12(7-3)10-11(4)6-2/h5-6,12H,1,7-10H2,2-4H3. The minimum absolute atomic E-state index is 0.860. The maximum absolute atomic E-state index is 3.75. The van der Waals surface area contributed by atoms with Crippen LogP contribution in [0.15, 0.2) is 24.3 Å². The summed E-state index contributed by atoms with van der Waals surface area (Å²) >= 11 is 0. The highest BCUT2D eigenvalue weighted by Crippen LogP contribution is 2.19. The van der Waals surface area contributed by atoms with Gasteiger partial charge in [0, 0.05) is 0 Å². The van der Waals surface area contributed by atoms with E-state index in [2.05, 4.69) is 33.4 Å². The molecule has 0 aliphatic heterocycles. The van der Waals surface area contributed by atoms with E-state index >= 15 is 0 Å². The summed E-state index contributed by atoms with van der Waals surface area (Å²) in [6.07, 6.45) is 9.25. The van der Waals surface area contributed by atoms with Crippen LogP contribution >= 0.6 is 0 Å². The van der Waals surface area contributed by atoms with Crippen molar-refractivity contribution in [2.75, 3.05) is 0 Å². The third-order valence-corrected chi connectivity index (χ3v) is 2.46. The molecule has 0 nitrogen and oxygen atoms in total. The van der Waals surface area contributed by atoms with Crippen LogP contribution in [0.25, 0.3) is 0 Å². The second-order valence-electron chi connectivity index (χ2n) is 3.48. The lowest BCUT2D eigenvalue weighted by Gasteiger charge is -2.13. The number of hydrogen-bond acceptors (Lipinski definition) is 0. The first-order valence-corrected chi connectivity index (χ1v) is 4.97. The molecule has 0 heteroatoms.